The highest BCUT2D eigenvalue weighted by atomic mass is 19.4. The standard InChI is InChI=1S/C27H26F3N3O2/c1-18-24-15-22(32-34)9-12-25(24)33(26(18)21-7-10-23(35-2)11-8-21)16-20-5-3-19(4-6-20)13-14-31-17-27(28,29)30/h3-12,15,31H,13-14,16-17H2,1-2H3. The molecule has 0 saturated carbocycles. The monoisotopic (exact) mass is 481 g/mol. The van der Waals surface area contributed by atoms with Crippen LogP contribution in [0.1, 0.15) is 16.7 Å². The predicted molar refractivity (Wildman–Crippen MR) is 132 cm³/mol. The highest BCUT2D eigenvalue weighted by molar-refractivity contribution is 5.93. The van der Waals surface area contributed by atoms with E-state index in [9.17, 15) is 18.1 Å². The van der Waals surface area contributed by atoms with Crippen LogP contribution in [0.2, 0.25) is 0 Å². The molecule has 0 atom stereocenters. The van der Waals surface area contributed by atoms with Gasteiger partial charge in [-0.3, -0.25) is 0 Å². The number of hydrogen-bond acceptors (Lipinski definition) is 4. The van der Waals surface area contributed by atoms with Gasteiger partial charge in [0.1, 0.15) is 11.4 Å². The molecule has 0 aliphatic carbocycles. The first-order valence-corrected chi connectivity index (χ1v) is 11.2. The summed E-state index contributed by atoms with van der Waals surface area (Å²) in [5.74, 6) is 0.766. The lowest BCUT2D eigenvalue weighted by atomic mass is 10.1. The van der Waals surface area contributed by atoms with Crippen molar-refractivity contribution in [2.75, 3.05) is 20.2 Å². The van der Waals surface area contributed by atoms with E-state index in [2.05, 4.69) is 15.1 Å². The van der Waals surface area contributed by atoms with Crippen molar-refractivity contribution in [3.8, 4) is 17.0 Å². The molecule has 3 aromatic carbocycles. The zero-order chi connectivity index (χ0) is 25.0. The Bertz CT molecular complexity index is 1310. The first kappa shape index (κ1) is 24.5. The number of halogens is 3. The number of hydrogen-bond donors (Lipinski definition) is 1. The average Bonchev–Trinajstić information content (AvgIpc) is 3.12. The van der Waals surface area contributed by atoms with Crippen LogP contribution in [0.15, 0.2) is 71.9 Å². The molecule has 0 aliphatic heterocycles. The summed E-state index contributed by atoms with van der Waals surface area (Å²) in [5.41, 5.74) is 6.49. The van der Waals surface area contributed by atoms with Crippen LogP contribution in [0, 0.1) is 11.8 Å². The number of benzene rings is 3. The second kappa shape index (κ2) is 10.3. The maximum Gasteiger partial charge on any atom is 0.401 e. The lowest BCUT2D eigenvalue weighted by Gasteiger charge is -2.13. The zero-order valence-electron chi connectivity index (χ0n) is 19.5. The lowest BCUT2D eigenvalue weighted by molar-refractivity contribution is -0.124. The van der Waals surface area contributed by atoms with E-state index in [-0.39, 0.29) is 6.54 Å². The van der Waals surface area contributed by atoms with Gasteiger partial charge in [-0.25, -0.2) is 0 Å². The average molecular weight is 482 g/mol. The van der Waals surface area contributed by atoms with Crippen LogP contribution in [0.4, 0.5) is 18.9 Å². The summed E-state index contributed by atoms with van der Waals surface area (Å²) < 4.78 is 44.4. The minimum Gasteiger partial charge on any atom is -0.497 e. The molecule has 1 heterocycles. The Morgan fingerprint density at radius 1 is 0.971 bits per heavy atom. The first-order chi connectivity index (χ1) is 16.8. The minimum atomic E-state index is -4.20. The number of nitroso groups, excluding NO2 is 1. The van der Waals surface area contributed by atoms with Crippen LogP contribution in [0.25, 0.3) is 22.2 Å². The largest absolute Gasteiger partial charge is 0.497 e. The van der Waals surface area contributed by atoms with Crippen molar-refractivity contribution in [2.45, 2.75) is 26.1 Å². The Kier molecular flexibility index (Phi) is 7.21. The molecule has 0 bridgehead atoms. The van der Waals surface area contributed by atoms with Crippen molar-refractivity contribution in [3.05, 3.63) is 88.3 Å². The van der Waals surface area contributed by atoms with Crippen LogP contribution in [0.5, 0.6) is 5.75 Å². The fourth-order valence-corrected chi connectivity index (χ4v) is 4.31. The van der Waals surface area contributed by atoms with Crippen LogP contribution < -0.4 is 10.1 Å². The third-order valence-electron chi connectivity index (χ3n) is 6.05. The molecule has 4 aromatic rings. The second-order valence-corrected chi connectivity index (χ2v) is 8.44. The van der Waals surface area contributed by atoms with Gasteiger partial charge in [0.2, 0.25) is 0 Å². The minimum absolute atomic E-state index is 0.259. The van der Waals surface area contributed by atoms with Crippen molar-refractivity contribution in [3.63, 3.8) is 0 Å². The number of alkyl halides is 3. The van der Waals surface area contributed by atoms with Gasteiger partial charge in [-0.1, -0.05) is 24.3 Å². The Balaban J connectivity index is 1.63. The van der Waals surface area contributed by atoms with Gasteiger partial charge >= 0.3 is 6.18 Å². The van der Waals surface area contributed by atoms with E-state index >= 15 is 0 Å². The molecule has 4 rings (SSSR count). The van der Waals surface area contributed by atoms with E-state index in [1.165, 1.54) is 0 Å². The van der Waals surface area contributed by atoms with E-state index < -0.39 is 12.7 Å². The van der Waals surface area contributed by atoms with Gasteiger partial charge in [-0.05, 0) is 89.8 Å². The normalized spacial score (nSPS) is 11.7. The van der Waals surface area contributed by atoms with Gasteiger partial charge in [-0.15, -0.1) is 4.91 Å². The number of rotatable bonds is 9. The van der Waals surface area contributed by atoms with Crippen molar-refractivity contribution < 1.29 is 17.9 Å². The van der Waals surface area contributed by atoms with E-state index in [1.807, 2.05) is 61.5 Å². The molecule has 0 fully saturated rings. The second-order valence-electron chi connectivity index (χ2n) is 8.44. The molecule has 0 saturated heterocycles. The molecule has 0 spiro atoms. The number of ether oxygens (including phenoxy) is 1. The van der Waals surface area contributed by atoms with E-state index in [0.717, 1.165) is 44.6 Å². The fourth-order valence-electron chi connectivity index (χ4n) is 4.31. The summed E-state index contributed by atoms with van der Waals surface area (Å²) in [4.78, 5) is 11.1. The maximum absolute atomic E-state index is 12.3. The number of aromatic nitrogens is 1. The van der Waals surface area contributed by atoms with E-state index in [4.69, 9.17) is 4.74 Å². The number of aryl methyl sites for hydroxylation is 1. The number of nitrogens with zero attached hydrogens (tertiary/aromatic N) is 2. The van der Waals surface area contributed by atoms with E-state index in [1.54, 1.807) is 19.2 Å². The topological polar surface area (TPSA) is 55.6 Å². The maximum atomic E-state index is 12.3. The molecule has 0 amide bonds. The molecule has 8 heteroatoms. The van der Waals surface area contributed by atoms with Gasteiger partial charge in [0.05, 0.1) is 19.3 Å². The first-order valence-electron chi connectivity index (χ1n) is 11.2. The van der Waals surface area contributed by atoms with Crippen LogP contribution in [0.3, 0.4) is 0 Å². The van der Waals surface area contributed by atoms with Gasteiger partial charge < -0.3 is 14.6 Å². The third kappa shape index (κ3) is 5.71. The zero-order valence-corrected chi connectivity index (χ0v) is 19.5. The molecule has 5 nitrogen and oxygen atoms in total. The quantitative estimate of drug-likeness (QED) is 0.212. The molecule has 0 unspecified atom stereocenters. The van der Waals surface area contributed by atoms with E-state index in [0.29, 0.717) is 18.7 Å². The van der Waals surface area contributed by atoms with Gasteiger partial charge in [-0.2, -0.15) is 13.2 Å². The summed E-state index contributed by atoms with van der Waals surface area (Å²) >= 11 is 0. The molecular weight excluding hydrogens is 455 g/mol. The number of methoxy groups -OCH3 is 1. The summed E-state index contributed by atoms with van der Waals surface area (Å²) in [7, 11) is 1.63. The highest BCUT2D eigenvalue weighted by Gasteiger charge is 2.25. The molecule has 0 aliphatic rings. The predicted octanol–water partition coefficient (Wildman–Crippen LogP) is 6.77. The summed E-state index contributed by atoms with van der Waals surface area (Å²) in [6, 6.07) is 21.2. The van der Waals surface area contributed by atoms with Crippen molar-refractivity contribution >= 4 is 16.6 Å². The van der Waals surface area contributed by atoms with Crippen molar-refractivity contribution in [2.24, 2.45) is 5.18 Å². The SMILES string of the molecule is COc1ccc(-c2c(C)c3cc(N=O)ccc3n2Cc2ccc(CCNCC(F)(F)F)cc2)cc1. The van der Waals surface area contributed by atoms with Crippen LogP contribution in [-0.4, -0.2) is 30.9 Å². The molecular formula is C27H26F3N3O2. The Morgan fingerprint density at radius 3 is 2.29 bits per heavy atom. The molecule has 0 radical (unpaired) electrons. The highest BCUT2D eigenvalue weighted by Crippen LogP contribution is 2.36. The smallest absolute Gasteiger partial charge is 0.401 e. The summed E-state index contributed by atoms with van der Waals surface area (Å²) in [5, 5.41) is 6.48. The Morgan fingerprint density at radius 2 is 1.66 bits per heavy atom. The molecule has 1 aromatic heterocycles. The van der Waals surface area contributed by atoms with Crippen molar-refractivity contribution in [1.29, 1.82) is 0 Å². The van der Waals surface area contributed by atoms with Crippen LogP contribution in [-0.2, 0) is 13.0 Å². The number of nitrogens with one attached hydrogen (secondary N) is 1. The molecule has 1 N–H and O–H groups in total. The summed E-state index contributed by atoms with van der Waals surface area (Å²) in [6.45, 7) is 1.89. The molecule has 35 heavy (non-hydrogen) atoms. The van der Waals surface area contributed by atoms with Gasteiger partial charge in [0, 0.05) is 17.4 Å². The lowest BCUT2D eigenvalue weighted by Crippen LogP contribution is -2.30. The Hall–Kier alpha value is -3.65. The van der Waals surface area contributed by atoms with Crippen molar-refractivity contribution in [1.82, 2.24) is 9.88 Å². The van der Waals surface area contributed by atoms with Crippen LogP contribution >= 0.6 is 0 Å². The fraction of sp³-hybridized carbons (Fsp3) is 0.259. The van der Waals surface area contributed by atoms with Gasteiger partial charge in [0.15, 0.2) is 0 Å². The number of fused-ring (bicyclic) bond motifs is 1. The molecule has 182 valence electrons. The Labute approximate surface area is 201 Å². The third-order valence-corrected chi connectivity index (χ3v) is 6.05. The van der Waals surface area contributed by atoms with Gasteiger partial charge in [0.25, 0.3) is 0 Å². The summed E-state index contributed by atoms with van der Waals surface area (Å²) in [6.07, 6.45) is -3.69.